The smallest absolute Gasteiger partial charge is 0.209 e. The van der Waals surface area contributed by atoms with Crippen LogP contribution in [0.4, 0.5) is 0 Å². The van der Waals surface area contributed by atoms with Crippen molar-refractivity contribution < 1.29 is 0 Å². The third-order valence-electron chi connectivity index (χ3n) is 2.55. The predicted molar refractivity (Wildman–Crippen MR) is 84.3 cm³/mol. The molecule has 0 fully saturated rings. The van der Waals surface area contributed by atoms with Gasteiger partial charge >= 0.3 is 0 Å². The average Bonchev–Trinajstić information content (AvgIpc) is 2.48. The molecular weight excluding hydrogens is 288 g/mol. The molecule has 21 heavy (non-hydrogen) atoms. The average molecular weight is 303 g/mol. The molecule has 0 bridgehead atoms. The second-order valence-corrected chi connectivity index (χ2v) is 4.62. The number of halogens is 1. The van der Waals surface area contributed by atoms with Gasteiger partial charge < -0.3 is 5.73 Å². The number of aliphatic imine (C=N–C) groups is 1. The van der Waals surface area contributed by atoms with Crippen molar-refractivity contribution in [3.05, 3.63) is 58.6 Å². The van der Waals surface area contributed by atoms with Crippen molar-refractivity contribution in [1.82, 2.24) is 15.4 Å². The predicted octanol–water partition coefficient (Wildman–Crippen LogP) is 1.88. The van der Waals surface area contributed by atoms with Crippen LogP contribution < -0.4 is 11.2 Å². The third kappa shape index (κ3) is 4.85. The van der Waals surface area contributed by atoms with Gasteiger partial charge in [0.05, 0.1) is 12.8 Å². The van der Waals surface area contributed by atoms with Crippen molar-refractivity contribution in [3.63, 3.8) is 0 Å². The summed E-state index contributed by atoms with van der Waals surface area (Å²) in [6.45, 7) is 2.31. The fraction of sp³-hybridized carbons (Fsp3) is 0.143. The summed E-state index contributed by atoms with van der Waals surface area (Å²) in [5.41, 5.74) is 10.9. The second-order valence-electron chi connectivity index (χ2n) is 4.27. The largest absolute Gasteiger partial charge is 0.369 e. The van der Waals surface area contributed by atoms with Crippen molar-refractivity contribution in [1.29, 1.82) is 0 Å². The highest BCUT2D eigenvalue weighted by Crippen LogP contribution is 2.10. The van der Waals surface area contributed by atoms with Gasteiger partial charge in [-0.15, -0.1) is 0 Å². The molecule has 0 unspecified atom stereocenters. The molecule has 0 saturated carbocycles. The van der Waals surface area contributed by atoms with Crippen LogP contribution in [0.5, 0.6) is 0 Å². The van der Waals surface area contributed by atoms with Crippen LogP contribution in [-0.4, -0.2) is 22.1 Å². The number of hydrogen-bond acceptors (Lipinski definition) is 4. The fourth-order valence-corrected chi connectivity index (χ4v) is 1.75. The van der Waals surface area contributed by atoms with Crippen LogP contribution in [0.3, 0.4) is 0 Å². The first-order valence-corrected chi connectivity index (χ1v) is 6.64. The fourth-order valence-electron chi connectivity index (χ4n) is 1.50. The topological polar surface area (TPSA) is 88.5 Å². The molecule has 108 valence electrons. The third-order valence-corrected chi connectivity index (χ3v) is 2.86. The van der Waals surface area contributed by atoms with E-state index in [0.29, 0.717) is 17.3 Å². The van der Waals surface area contributed by atoms with Gasteiger partial charge in [-0.3, -0.25) is 4.98 Å². The van der Waals surface area contributed by atoms with Crippen LogP contribution in [0, 0.1) is 6.92 Å². The Hall–Kier alpha value is -2.47. The Labute approximate surface area is 127 Å². The molecule has 3 N–H and O–H groups in total. The van der Waals surface area contributed by atoms with E-state index in [1.165, 1.54) is 0 Å². The summed E-state index contributed by atoms with van der Waals surface area (Å²) in [6.07, 6.45) is 4.98. The monoisotopic (exact) mass is 302 g/mol. The molecule has 0 aliphatic rings. The number of hydrazone groups is 1. The number of nitrogens with two attached hydrogens (primary N) is 1. The molecule has 0 amide bonds. The summed E-state index contributed by atoms with van der Waals surface area (Å²) in [4.78, 5) is 12.3. The number of pyridine rings is 2. The standard InChI is InChI=1S/C14H15ClN6/c1-10-4-5-12(13(15)20-10)9-19-21-14(16)18-8-11-3-2-6-17-7-11/h2-7,9H,8H2,1H3,(H3,16,18,21). The van der Waals surface area contributed by atoms with E-state index in [0.717, 1.165) is 11.3 Å². The van der Waals surface area contributed by atoms with Gasteiger partial charge in [-0.05, 0) is 30.7 Å². The van der Waals surface area contributed by atoms with E-state index >= 15 is 0 Å². The molecule has 7 heteroatoms. The zero-order valence-electron chi connectivity index (χ0n) is 11.5. The summed E-state index contributed by atoms with van der Waals surface area (Å²) in [5, 5.41) is 4.37. The molecule has 6 nitrogen and oxygen atoms in total. The number of guanidine groups is 1. The number of rotatable bonds is 4. The van der Waals surface area contributed by atoms with Crippen LogP contribution in [-0.2, 0) is 6.54 Å². The second kappa shape index (κ2) is 7.35. The first-order chi connectivity index (χ1) is 10.1. The first kappa shape index (κ1) is 14.9. The molecule has 0 spiro atoms. The Kier molecular flexibility index (Phi) is 5.22. The normalized spacial score (nSPS) is 11.8. The molecule has 0 aliphatic carbocycles. The summed E-state index contributed by atoms with van der Waals surface area (Å²) in [7, 11) is 0. The minimum atomic E-state index is 0.214. The van der Waals surface area contributed by atoms with Crippen LogP contribution in [0.2, 0.25) is 5.15 Å². The van der Waals surface area contributed by atoms with E-state index in [1.807, 2.05) is 31.2 Å². The lowest BCUT2D eigenvalue weighted by Gasteiger charge is -2.01. The maximum absolute atomic E-state index is 5.99. The van der Waals surface area contributed by atoms with Crippen LogP contribution in [0.1, 0.15) is 16.8 Å². The Balaban J connectivity index is 1.91. The first-order valence-electron chi connectivity index (χ1n) is 6.26. The van der Waals surface area contributed by atoms with E-state index in [-0.39, 0.29) is 5.96 Å². The van der Waals surface area contributed by atoms with E-state index in [4.69, 9.17) is 17.3 Å². The van der Waals surface area contributed by atoms with E-state index in [2.05, 4.69) is 25.5 Å². The van der Waals surface area contributed by atoms with Crippen molar-refractivity contribution in [2.75, 3.05) is 0 Å². The van der Waals surface area contributed by atoms with Crippen LogP contribution in [0.25, 0.3) is 0 Å². The van der Waals surface area contributed by atoms with Gasteiger partial charge in [0, 0.05) is 23.7 Å². The molecule has 2 aromatic rings. The van der Waals surface area contributed by atoms with Gasteiger partial charge in [-0.1, -0.05) is 17.7 Å². The molecule has 0 atom stereocenters. The van der Waals surface area contributed by atoms with Gasteiger partial charge in [0.15, 0.2) is 0 Å². The number of hydrogen-bond donors (Lipinski definition) is 2. The van der Waals surface area contributed by atoms with Crippen molar-refractivity contribution in [2.45, 2.75) is 13.5 Å². The van der Waals surface area contributed by atoms with Crippen LogP contribution in [0.15, 0.2) is 46.8 Å². The van der Waals surface area contributed by atoms with Gasteiger partial charge in [-0.25, -0.2) is 15.4 Å². The molecule has 2 aromatic heterocycles. The maximum atomic E-state index is 5.99. The number of aromatic nitrogens is 2. The summed E-state index contributed by atoms with van der Waals surface area (Å²) >= 11 is 5.99. The molecule has 0 aliphatic heterocycles. The summed E-state index contributed by atoms with van der Waals surface area (Å²) in [5.74, 6) is 0.214. The highest BCUT2D eigenvalue weighted by molar-refractivity contribution is 6.31. The number of nitrogens with zero attached hydrogens (tertiary/aromatic N) is 4. The quantitative estimate of drug-likeness (QED) is 0.390. The van der Waals surface area contributed by atoms with Gasteiger partial charge in [0.1, 0.15) is 5.15 Å². The zero-order valence-corrected chi connectivity index (χ0v) is 12.2. The summed E-state index contributed by atoms with van der Waals surface area (Å²) < 4.78 is 0. The SMILES string of the molecule is Cc1ccc(C=NNC(N)=NCc2cccnc2)c(Cl)n1. The van der Waals surface area contributed by atoms with Crippen LogP contribution >= 0.6 is 11.6 Å². The van der Waals surface area contributed by atoms with Gasteiger partial charge in [0.25, 0.3) is 0 Å². The minimum Gasteiger partial charge on any atom is -0.369 e. The molecular formula is C14H15ClN6. The lowest BCUT2D eigenvalue weighted by atomic mass is 10.3. The molecule has 0 radical (unpaired) electrons. The maximum Gasteiger partial charge on any atom is 0.209 e. The number of aryl methyl sites for hydroxylation is 1. The van der Waals surface area contributed by atoms with Crippen molar-refractivity contribution in [2.24, 2.45) is 15.8 Å². The molecule has 0 saturated heterocycles. The van der Waals surface area contributed by atoms with Gasteiger partial charge in [-0.2, -0.15) is 5.10 Å². The molecule has 0 aromatic carbocycles. The highest BCUT2D eigenvalue weighted by Gasteiger charge is 1.98. The van der Waals surface area contributed by atoms with E-state index < -0.39 is 0 Å². The zero-order chi connectivity index (χ0) is 15.1. The van der Waals surface area contributed by atoms with Gasteiger partial charge in [0.2, 0.25) is 5.96 Å². The lowest BCUT2D eigenvalue weighted by Crippen LogP contribution is -2.27. The minimum absolute atomic E-state index is 0.214. The molecule has 2 heterocycles. The Morgan fingerprint density at radius 1 is 1.43 bits per heavy atom. The Morgan fingerprint density at radius 2 is 2.29 bits per heavy atom. The van der Waals surface area contributed by atoms with Crippen molar-refractivity contribution in [3.8, 4) is 0 Å². The summed E-state index contributed by atoms with van der Waals surface area (Å²) in [6, 6.07) is 7.45. The molecule has 2 rings (SSSR count). The Morgan fingerprint density at radius 3 is 3.00 bits per heavy atom. The highest BCUT2D eigenvalue weighted by atomic mass is 35.5. The Bertz CT molecular complexity index is 654. The van der Waals surface area contributed by atoms with E-state index in [9.17, 15) is 0 Å². The lowest BCUT2D eigenvalue weighted by molar-refractivity contribution is 0.957. The number of nitrogens with one attached hydrogen (secondary N) is 1. The van der Waals surface area contributed by atoms with Crippen molar-refractivity contribution >= 4 is 23.8 Å². The van der Waals surface area contributed by atoms with E-state index in [1.54, 1.807) is 18.6 Å².